The maximum Gasteiger partial charge on any atom is 0.189 e. The summed E-state index contributed by atoms with van der Waals surface area (Å²) in [6.45, 7) is 2.26. The number of nitrogens with two attached hydrogens (primary N) is 1. The van der Waals surface area contributed by atoms with Crippen molar-refractivity contribution < 1.29 is 0 Å². The first-order valence-electron chi connectivity index (χ1n) is 7.85. The van der Waals surface area contributed by atoms with Crippen LogP contribution >= 0.6 is 0 Å². The largest absolute Gasteiger partial charge is 0.370 e. The number of hydrogen-bond acceptors (Lipinski definition) is 1. The van der Waals surface area contributed by atoms with Crippen LogP contribution in [0.25, 0.3) is 0 Å². The van der Waals surface area contributed by atoms with Crippen molar-refractivity contribution in [3.8, 4) is 0 Å². The highest BCUT2D eigenvalue weighted by molar-refractivity contribution is 5.78. The van der Waals surface area contributed by atoms with E-state index < -0.39 is 0 Å². The highest BCUT2D eigenvalue weighted by Crippen LogP contribution is 2.26. The first kappa shape index (κ1) is 13.7. The van der Waals surface area contributed by atoms with Crippen LogP contribution in [0.1, 0.15) is 71.1 Å². The van der Waals surface area contributed by atoms with Gasteiger partial charge >= 0.3 is 0 Å². The molecule has 2 rings (SSSR count). The molecule has 3 nitrogen and oxygen atoms in total. The Balaban J connectivity index is 1.77. The molecule has 0 amide bonds. The molecule has 2 aliphatic carbocycles. The van der Waals surface area contributed by atoms with E-state index in [2.05, 4.69) is 17.2 Å². The molecule has 0 aromatic carbocycles. The van der Waals surface area contributed by atoms with E-state index in [1.165, 1.54) is 64.2 Å². The van der Waals surface area contributed by atoms with E-state index >= 15 is 0 Å². The lowest BCUT2D eigenvalue weighted by molar-refractivity contribution is 0.300. The van der Waals surface area contributed by atoms with Crippen molar-refractivity contribution in [1.29, 1.82) is 0 Å². The molecule has 104 valence electrons. The van der Waals surface area contributed by atoms with E-state index in [1.54, 1.807) is 0 Å². The highest BCUT2D eigenvalue weighted by atomic mass is 15.1. The summed E-state index contributed by atoms with van der Waals surface area (Å²) in [5.41, 5.74) is 6.05. The van der Waals surface area contributed by atoms with Crippen LogP contribution in [0.3, 0.4) is 0 Å². The molecule has 0 heterocycles. The number of hydrogen-bond donors (Lipinski definition) is 2. The highest BCUT2D eigenvalue weighted by Gasteiger charge is 2.20. The van der Waals surface area contributed by atoms with Crippen molar-refractivity contribution in [3.05, 3.63) is 0 Å². The van der Waals surface area contributed by atoms with Gasteiger partial charge in [-0.1, -0.05) is 38.5 Å². The Morgan fingerprint density at radius 2 is 1.56 bits per heavy atom. The van der Waals surface area contributed by atoms with E-state index in [4.69, 9.17) is 5.73 Å². The molecule has 0 radical (unpaired) electrons. The maximum atomic E-state index is 6.05. The number of aliphatic imine (C=N–C) groups is 1. The lowest BCUT2D eigenvalue weighted by Crippen LogP contribution is -2.43. The second kappa shape index (κ2) is 7.01. The molecule has 1 atom stereocenters. The van der Waals surface area contributed by atoms with Crippen LogP contribution in [-0.2, 0) is 0 Å². The zero-order valence-electron chi connectivity index (χ0n) is 11.8. The fourth-order valence-electron chi connectivity index (χ4n) is 3.43. The third kappa shape index (κ3) is 4.18. The summed E-state index contributed by atoms with van der Waals surface area (Å²) in [7, 11) is 0. The third-order valence-corrected chi connectivity index (χ3v) is 4.63. The molecule has 0 aliphatic heterocycles. The number of nitrogens with zero attached hydrogens (tertiary/aromatic N) is 1. The SMILES string of the molecule is CC(NC(N)=NC1CCCCC1)C1CCCCC1. The van der Waals surface area contributed by atoms with Gasteiger partial charge in [-0.15, -0.1) is 0 Å². The van der Waals surface area contributed by atoms with Crippen LogP contribution < -0.4 is 11.1 Å². The van der Waals surface area contributed by atoms with Crippen molar-refractivity contribution >= 4 is 5.96 Å². The summed E-state index contributed by atoms with van der Waals surface area (Å²) < 4.78 is 0. The molecule has 2 saturated carbocycles. The Bertz CT molecular complexity index is 263. The molecule has 18 heavy (non-hydrogen) atoms. The van der Waals surface area contributed by atoms with Gasteiger partial charge in [-0.05, 0) is 38.5 Å². The fourth-order valence-corrected chi connectivity index (χ4v) is 3.43. The summed E-state index contributed by atoms with van der Waals surface area (Å²) >= 11 is 0. The summed E-state index contributed by atoms with van der Waals surface area (Å²) in [6, 6.07) is 0.961. The lowest BCUT2D eigenvalue weighted by Gasteiger charge is -2.29. The van der Waals surface area contributed by atoms with E-state index in [0.29, 0.717) is 18.0 Å². The van der Waals surface area contributed by atoms with E-state index in [0.717, 1.165) is 5.92 Å². The molecule has 0 aromatic heterocycles. The second-order valence-electron chi connectivity index (χ2n) is 6.14. The number of guanidine groups is 1. The van der Waals surface area contributed by atoms with E-state index in [9.17, 15) is 0 Å². The molecule has 0 aromatic rings. The van der Waals surface area contributed by atoms with Crippen molar-refractivity contribution in [3.63, 3.8) is 0 Å². The third-order valence-electron chi connectivity index (χ3n) is 4.63. The van der Waals surface area contributed by atoms with Crippen LogP contribution in [0, 0.1) is 5.92 Å². The summed E-state index contributed by atoms with van der Waals surface area (Å²) in [5, 5.41) is 3.42. The van der Waals surface area contributed by atoms with Crippen LogP contribution in [0.15, 0.2) is 4.99 Å². The number of rotatable bonds is 3. The maximum absolute atomic E-state index is 6.05. The van der Waals surface area contributed by atoms with Gasteiger partial charge in [0.1, 0.15) is 0 Å². The van der Waals surface area contributed by atoms with Gasteiger partial charge in [0.25, 0.3) is 0 Å². The molecule has 0 bridgehead atoms. The van der Waals surface area contributed by atoms with Crippen molar-refractivity contribution in [2.45, 2.75) is 83.2 Å². The molecule has 2 aliphatic rings. The molecule has 0 spiro atoms. The first-order chi connectivity index (χ1) is 8.75. The van der Waals surface area contributed by atoms with Crippen LogP contribution in [0.5, 0.6) is 0 Å². The van der Waals surface area contributed by atoms with Crippen molar-refractivity contribution in [2.75, 3.05) is 0 Å². The van der Waals surface area contributed by atoms with Gasteiger partial charge in [-0.25, -0.2) is 0 Å². The van der Waals surface area contributed by atoms with Crippen molar-refractivity contribution in [2.24, 2.45) is 16.6 Å². The summed E-state index contributed by atoms with van der Waals surface area (Å²) in [6.07, 6.45) is 13.3. The monoisotopic (exact) mass is 251 g/mol. The standard InChI is InChI=1S/C15H29N3/c1-12(13-8-4-2-5-9-13)17-15(16)18-14-10-6-3-7-11-14/h12-14H,2-11H2,1H3,(H3,16,17,18). The van der Waals surface area contributed by atoms with E-state index in [-0.39, 0.29) is 0 Å². The zero-order valence-corrected chi connectivity index (χ0v) is 11.8. The molecule has 2 fully saturated rings. The number of nitrogens with one attached hydrogen (secondary N) is 1. The van der Waals surface area contributed by atoms with Crippen LogP contribution in [0.4, 0.5) is 0 Å². The Kier molecular flexibility index (Phi) is 5.33. The zero-order chi connectivity index (χ0) is 12.8. The van der Waals surface area contributed by atoms with Crippen molar-refractivity contribution in [1.82, 2.24) is 5.32 Å². The van der Waals surface area contributed by atoms with Gasteiger partial charge in [-0.2, -0.15) is 0 Å². The minimum Gasteiger partial charge on any atom is -0.370 e. The predicted molar refractivity (Wildman–Crippen MR) is 77.7 cm³/mol. The molecular weight excluding hydrogens is 222 g/mol. The average Bonchev–Trinajstić information content (AvgIpc) is 2.40. The Labute approximate surface area is 112 Å². The lowest BCUT2D eigenvalue weighted by atomic mass is 9.84. The van der Waals surface area contributed by atoms with Gasteiger partial charge in [0.2, 0.25) is 0 Å². The normalized spacial score (nSPS) is 25.9. The summed E-state index contributed by atoms with van der Waals surface area (Å²) in [5.74, 6) is 1.47. The van der Waals surface area contributed by atoms with Crippen LogP contribution in [0.2, 0.25) is 0 Å². The molecule has 3 N–H and O–H groups in total. The molecule has 3 heteroatoms. The Morgan fingerprint density at radius 3 is 2.17 bits per heavy atom. The Morgan fingerprint density at radius 1 is 1.00 bits per heavy atom. The molecule has 0 saturated heterocycles. The van der Waals surface area contributed by atoms with Gasteiger partial charge in [0.15, 0.2) is 5.96 Å². The molecule has 1 unspecified atom stereocenters. The first-order valence-corrected chi connectivity index (χ1v) is 7.85. The fraction of sp³-hybridized carbons (Fsp3) is 0.933. The Hall–Kier alpha value is -0.730. The predicted octanol–water partition coefficient (Wildman–Crippen LogP) is 3.19. The minimum atomic E-state index is 0.477. The topological polar surface area (TPSA) is 50.4 Å². The van der Waals surface area contributed by atoms with Gasteiger partial charge in [0.05, 0.1) is 6.04 Å². The quantitative estimate of drug-likeness (QED) is 0.598. The van der Waals surface area contributed by atoms with Gasteiger partial charge < -0.3 is 11.1 Å². The molecular formula is C15H29N3. The van der Waals surface area contributed by atoms with Gasteiger partial charge in [-0.3, -0.25) is 4.99 Å². The minimum absolute atomic E-state index is 0.477. The van der Waals surface area contributed by atoms with E-state index in [1.807, 2.05) is 0 Å². The average molecular weight is 251 g/mol. The summed E-state index contributed by atoms with van der Waals surface area (Å²) in [4.78, 5) is 4.65. The van der Waals surface area contributed by atoms with Crippen LogP contribution in [-0.4, -0.2) is 18.0 Å². The second-order valence-corrected chi connectivity index (χ2v) is 6.14. The smallest absolute Gasteiger partial charge is 0.189 e. The van der Waals surface area contributed by atoms with Gasteiger partial charge in [0, 0.05) is 6.04 Å².